The standard InChI is InChI=1S/C24H13F7N2/c1-12-10-32-23(33-11-12)14-3-5-16(19(26)7-14)13-2-4-17(18(25)6-13)15-8-20(27)22(21(28)9-15)24(29,30)31/h2-11H,1H3. The Kier molecular flexibility index (Phi) is 5.65. The summed E-state index contributed by atoms with van der Waals surface area (Å²) in [6.45, 7) is 1.80. The number of nitrogens with zero attached hydrogens (tertiary/aromatic N) is 2. The Hall–Kier alpha value is -3.75. The van der Waals surface area contributed by atoms with Gasteiger partial charge in [-0.05, 0) is 47.9 Å². The highest BCUT2D eigenvalue weighted by molar-refractivity contribution is 5.73. The molecule has 4 rings (SSSR count). The van der Waals surface area contributed by atoms with Crippen LogP contribution in [0.15, 0.2) is 60.9 Å². The van der Waals surface area contributed by atoms with Crippen molar-refractivity contribution < 1.29 is 30.7 Å². The second-order valence-electron chi connectivity index (χ2n) is 7.29. The molecule has 0 saturated carbocycles. The molecule has 2 nitrogen and oxygen atoms in total. The zero-order valence-electron chi connectivity index (χ0n) is 16.8. The molecule has 0 radical (unpaired) electrons. The van der Waals surface area contributed by atoms with Crippen molar-refractivity contribution in [3.05, 3.63) is 95.3 Å². The smallest absolute Gasteiger partial charge is 0.236 e. The lowest BCUT2D eigenvalue weighted by Gasteiger charge is -2.12. The number of alkyl halides is 3. The van der Waals surface area contributed by atoms with Gasteiger partial charge in [-0.25, -0.2) is 27.5 Å². The Morgan fingerprint density at radius 1 is 0.606 bits per heavy atom. The van der Waals surface area contributed by atoms with E-state index in [0.29, 0.717) is 23.5 Å². The van der Waals surface area contributed by atoms with Gasteiger partial charge in [0.2, 0.25) is 0 Å². The Morgan fingerprint density at radius 2 is 1.06 bits per heavy atom. The molecule has 0 bridgehead atoms. The van der Waals surface area contributed by atoms with E-state index in [0.717, 1.165) is 17.7 Å². The number of aryl methyl sites for hydroxylation is 1. The van der Waals surface area contributed by atoms with Gasteiger partial charge in [0.25, 0.3) is 0 Å². The molecule has 1 aromatic heterocycles. The Bertz CT molecular complexity index is 1320. The van der Waals surface area contributed by atoms with Gasteiger partial charge in [-0.1, -0.05) is 24.3 Å². The monoisotopic (exact) mass is 462 g/mol. The Labute approximate surface area is 183 Å². The minimum Gasteiger partial charge on any atom is -0.236 e. The molecule has 0 spiro atoms. The molecule has 0 amide bonds. The molecule has 0 aliphatic heterocycles. The van der Waals surface area contributed by atoms with Crippen LogP contribution in [0.2, 0.25) is 0 Å². The Balaban J connectivity index is 1.69. The fraction of sp³-hybridized carbons (Fsp3) is 0.0833. The lowest BCUT2D eigenvalue weighted by molar-refractivity contribution is -0.142. The van der Waals surface area contributed by atoms with Crippen LogP contribution >= 0.6 is 0 Å². The molecule has 0 aliphatic carbocycles. The summed E-state index contributed by atoms with van der Waals surface area (Å²) in [5.74, 6) is -5.09. The van der Waals surface area contributed by atoms with E-state index in [9.17, 15) is 30.7 Å². The number of rotatable bonds is 3. The number of aromatic nitrogens is 2. The van der Waals surface area contributed by atoms with E-state index in [1.54, 1.807) is 25.4 Å². The lowest BCUT2D eigenvalue weighted by atomic mass is 9.97. The predicted octanol–water partition coefficient (Wildman–Crippen LogP) is 7.36. The summed E-state index contributed by atoms with van der Waals surface area (Å²) in [5, 5.41) is 0. The van der Waals surface area contributed by atoms with Crippen LogP contribution in [-0.2, 0) is 6.18 Å². The minimum absolute atomic E-state index is 0.0427. The largest absolute Gasteiger partial charge is 0.422 e. The molecular weight excluding hydrogens is 449 g/mol. The van der Waals surface area contributed by atoms with Crippen molar-refractivity contribution >= 4 is 0 Å². The topological polar surface area (TPSA) is 25.8 Å². The van der Waals surface area contributed by atoms with Crippen LogP contribution in [0.3, 0.4) is 0 Å². The third-order valence-electron chi connectivity index (χ3n) is 4.92. The van der Waals surface area contributed by atoms with E-state index in [4.69, 9.17) is 0 Å². The summed E-state index contributed by atoms with van der Waals surface area (Å²) < 4.78 is 95.5. The number of benzene rings is 3. The van der Waals surface area contributed by atoms with Gasteiger partial charge in [0.05, 0.1) is 0 Å². The van der Waals surface area contributed by atoms with Crippen LogP contribution in [0.4, 0.5) is 30.7 Å². The van der Waals surface area contributed by atoms with Gasteiger partial charge in [-0.2, -0.15) is 13.2 Å². The average molecular weight is 462 g/mol. The first-order chi connectivity index (χ1) is 15.5. The number of hydrogen-bond donors (Lipinski definition) is 0. The van der Waals surface area contributed by atoms with Gasteiger partial charge < -0.3 is 0 Å². The summed E-state index contributed by atoms with van der Waals surface area (Å²) in [5.41, 5.74) is -1.41. The zero-order chi connectivity index (χ0) is 23.9. The van der Waals surface area contributed by atoms with Gasteiger partial charge in [0, 0.05) is 29.1 Å². The van der Waals surface area contributed by atoms with Crippen LogP contribution in [0, 0.1) is 30.2 Å². The van der Waals surface area contributed by atoms with Crippen molar-refractivity contribution in [3.63, 3.8) is 0 Å². The molecule has 4 aromatic rings. The van der Waals surface area contributed by atoms with Crippen molar-refractivity contribution in [3.8, 4) is 33.6 Å². The molecule has 168 valence electrons. The zero-order valence-corrected chi connectivity index (χ0v) is 16.8. The quantitative estimate of drug-likeness (QED) is 0.297. The fourth-order valence-corrected chi connectivity index (χ4v) is 3.35. The normalized spacial score (nSPS) is 11.6. The van der Waals surface area contributed by atoms with E-state index in [-0.39, 0.29) is 16.7 Å². The predicted molar refractivity (Wildman–Crippen MR) is 108 cm³/mol. The molecule has 9 heteroatoms. The summed E-state index contributed by atoms with van der Waals surface area (Å²) in [6.07, 6.45) is -2.08. The van der Waals surface area contributed by atoms with Gasteiger partial charge in [-0.3, -0.25) is 0 Å². The van der Waals surface area contributed by atoms with Crippen LogP contribution < -0.4 is 0 Å². The highest BCUT2D eigenvalue weighted by Gasteiger charge is 2.38. The minimum atomic E-state index is -5.23. The van der Waals surface area contributed by atoms with Crippen molar-refractivity contribution in [2.75, 3.05) is 0 Å². The van der Waals surface area contributed by atoms with Crippen LogP contribution in [-0.4, -0.2) is 9.97 Å². The van der Waals surface area contributed by atoms with Crippen molar-refractivity contribution in [2.45, 2.75) is 13.1 Å². The molecule has 0 saturated heterocycles. The molecule has 0 N–H and O–H groups in total. The average Bonchev–Trinajstić information content (AvgIpc) is 2.72. The van der Waals surface area contributed by atoms with E-state index >= 15 is 0 Å². The van der Waals surface area contributed by atoms with Crippen LogP contribution in [0.5, 0.6) is 0 Å². The summed E-state index contributed by atoms with van der Waals surface area (Å²) in [6, 6.07) is 8.29. The molecule has 33 heavy (non-hydrogen) atoms. The summed E-state index contributed by atoms with van der Waals surface area (Å²) in [4.78, 5) is 8.23. The van der Waals surface area contributed by atoms with Crippen molar-refractivity contribution in [2.24, 2.45) is 0 Å². The molecule has 0 unspecified atom stereocenters. The molecular formula is C24H13F7N2. The molecule has 0 atom stereocenters. The number of halogens is 7. The molecule has 0 aliphatic rings. The summed E-state index contributed by atoms with van der Waals surface area (Å²) >= 11 is 0. The lowest BCUT2D eigenvalue weighted by Crippen LogP contribution is -2.11. The van der Waals surface area contributed by atoms with E-state index in [1.807, 2.05) is 0 Å². The second kappa shape index (κ2) is 8.31. The maximum atomic E-state index is 14.7. The highest BCUT2D eigenvalue weighted by atomic mass is 19.4. The second-order valence-corrected chi connectivity index (χ2v) is 7.29. The van der Waals surface area contributed by atoms with E-state index in [1.165, 1.54) is 18.2 Å². The number of hydrogen-bond acceptors (Lipinski definition) is 2. The van der Waals surface area contributed by atoms with E-state index in [2.05, 4.69) is 9.97 Å². The van der Waals surface area contributed by atoms with Gasteiger partial charge in [-0.15, -0.1) is 0 Å². The Morgan fingerprint density at radius 3 is 1.58 bits per heavy atom. The highest BCUT2D eigenvalue weighted by Crippen LogP contribution is 2.37. The first-order valence-electron chi connectivity index (χ1n) is 9.49. The van der Waals surface area contributed by atoms with Crippen LogP contribution in [0.25, 0.3) is 33.6 Å². The van der Waals surface area contributed by atoms with E-state index < -0.39 is 40.6 Å². The third-order valence-corrected chi connectivity index (χ3v) is 4.92. The molecule has 1 heterocycles. The van der Waals surface area contributed by atoms with Gasteiger partial charge >= 0.3 is 6.18 Å². The van der Waals surface area contributed by atoms with Gasteiger partial charge in [0.1, 0.15) is 28.8 Å². The summed E-state index contributed by atoms with van der Waals surface area (Å²) in [7, 11) is 0. The SMILES string of the molecule is Cc1cnc(-c2ccc(-c3ccc(-c4cc(F)c(C(F)(F)F)c(F)c4)c(F)c3)c(F)c2)nc1. The fourth-order valence-electron chi connectivity index (χ4n) is 3.35. The maximum Gasteiger partial charge on any atom is 0.422 e. The first kappa shape index (κ1) is 22.4. The van der Waals surface area contributed by atoms with Crippen molar-refractivity contribution in [1.82, 2.24) is 9.97 Å². The first-order valence-corrected chi connectivity index (χ1v) is 9.49. The molecule has 3 aromatic carbocycles. The third kappa shape index (κ3) is 4.44. The van der Waals surface area contributed by atoms with Crippen LogP contribution in [0.1, 0.15) is 11.1 Å². The van der Waals surface area contributed by atoms with Gasteiger partial charge in [0.15, 0.2) is 5.82 Å². The molecule has 0 fully saturated rings. The maximum absolute atomic E-state index is 14.7. The van der Waals surface area contributed by atoms with Crippen molar-refractivity contribution in [1.29, 1.82) is 0 Å².